The molecule has 1 atom stereocenters. The van der Waals surface area contributed by atoms with Crippen molar-refractivity contribution in [2.75, 3.05) is 33.9 Å². The number of para-hydroxylation sites is 1. The lowest BCUT2D eigenvalue weighted by Gasteiger charge is -2.36. The Morgan fingerprint density at radius 2 is 1.63 bits per heavy atom. The molecule has 1 fully saturated rings. The molecule has 0 aromatic heterocycles. The summed E-state index contributed by atoms with van der Waals surface area (Å²) in [5.74, 6) is 1.16. The average molecular weight is 528 g/mol. The second kappa shape index (κ2) is 16.4. The number of ether oxygens (including phenoxy) is 3. The van der Waals surface area contributed by atoms with Crippen LogP contribution < -0.4 is 9.47 Å². The fraction of sp³-hybridized carbons (Fsp3) is 0.594. The zero-order chi connectivity index (χ0) is 27.2. The van der Waals surface area contributed by atoms with Gasteiger partial charge in [-0.15, -0.1) is 0 Å². The quantitative estimate of drug-likeness (QED) is 0.167. The minimum absolute atomic E-state index is 0.132. The molecule has 0 amide bonds. The van der Waals surface area contributed by atoms with E-state index in [9.17, 15) is 9.18 Å². The molecule has 5 nitrogen and oxygen atoms in total. The van der Waals surface area contributed by atoms with Crippen molar-refractivity contribution in [1.82, 2.24) is 4.90 Å². The van der Waals surface area contributed by atoms with Crippen molar-refractivity contribution >= 4 is 5.97 Å². The fourth-order valence-electron chi connectivity index (χ4n) is 5.39. The van der Waals surface area contributed by atoms with E-state index in [4.69, 9.17) is 14.2 Å². The van der Waals surface area contributed by atoms with E-state index in [-0.39, 0.29) is 23.8 Å². The highest BCUT2D eigenvalue weighted by Crippen LogP contribution is 2.42. The molecule has 0 aliphatic carbocycles. The molecule has 38 heavy (non-hydrogen) atoms. The SMILES string of the molecule is CCCCCCCCCC(=O)O[C@@H](c1cccc(OC)c1OC)C1CCN(CCc2ccc(F)cc2)CC1. The van der Waals surface area contributed by atoms with E-state index in [0.29, 0.717) is 17.9 Å². The number of unbranched alkanes of at least 4 members (excludes halogenated alkanes) is 6. The van der Waals surface area contributed by atoms with Crippen LogP contribution in [0.1, 0.15) is 88.4 Å². The number of piperidine rings is 1. The van der Waals surface area contributed by atoms with E-state index < -0.39 is 0 Å². The first kappa shape index (κ1) is 29.9. The number of carbonyl (C=O) groups is 1. The predicted octanol–water partition coefficient (Wildman–Crippen LogP) is 7.52. The summed E-state index contributed by atoms with van der Waals surface area (Å²) in [6, 6.07) is 12.6. The molecule has 1 heterocycles. The van der Waals surface area contributed by atoms with Gasteiger partial charge in [-0.2, -0.15) is 0 Å². The van der Waals surface area contributed by atoms with Crippen molar-refractivity contribution in [3.05, 3.63) is 59.4 Å². The zero-order valence-corrected chi connectivity index (χ0v) is 23.6. The van der Waals surface area contributed by atoms with E-state index in [1.807, 2.05) is 30.3 Å². The average Bonchev–Trinajstić information content (AvgIpc) is 2.95. The standard InChI is InChI=1S/C32H46FNO4/c1-4-5-6-7-8-9-10-14-30(35)38-31(28-12-11-13-29(36-2)32(28)37-3)26-20-23-34(24-21-26)22-19-25-15-17-27(33)18-16-25/h11-13,15-18,26,31H,4-10,14,19-24H2,1-3H3/t31-/m1/s1. The minimum Gasteiger partial charge on any atom is -0.493 e. The lowest BCUT2D eigenvalue weighted by Crippen LogP contribution is -2.37. The molecule has 0 spiro atoms. The van der Waals surface area contributed by atoms with E-state index in [1.165, 1.54) is 44.2 Å². The van der Waals surface area contributed by atoms with Crippen LogP contribution in [-0.4, -0.2) is 44.7 Å². The Bertz CT molecular complexity index is 956. The Morgan fingerprint density at radius 1 is 0.947 bits per heavy atom. The molecule has 0 saturated carbocycles. The Hall–Kier alpha value is -2.60. The number of halogens is 1. The topological polar surface area (TPSA) is 48.0 Å². The highest BCUT2D eigenvalue weighted by Gasteiger charge is 2.33. The molecule has 1 aliphatic heterocycles. The first-order valence-electron chi connectivity index (χ1n) is 14.4. The van der Waals surface area contributed by atoms with E-state index in [0.717, 1.165) is 62.9 Å². The Morgan fingerprint density at radius 3 is 2.29 bits per heavy atom. The Kier molecular flexibility index (Phi) is 12.9. The molecule has 210 valence electrons. The van der Waals surface area contributed by atoms with Gasteiger partial charge in [0.2, 0.25) is 0 Å². The maximum Gasteiger partial charge on any atom is 0.306 e. The smallest absolute Gasteiger partial charge is 0.306 e. The fourth-order valence-corrected chi connectivity index (χ4v) is 5.39. The molecular formula is C32H46FNO4. The summed E-state index contributed by atoms with van der Waals surface area (Å²) < 4.78 is 30.7. The number of likely N-dealkylation sites (tertiary alicyclic amines) is 1. The molecule has 1 saturated heterocycles. The van der Waals surface area contributed by atoms with Gasteiger partial charge in [0.05, 0.1) is 14.2 Å². The summed E-state index contributed by atoms with van der Waals surface area (Å²) in [6.45, 7) is 5.03. The monoisotopic (exact) mass is 527 g/mol. The van der Waals surface area contributed by atoms with Crippen molar-refractivity contribution in [3.8, 4) is 11.5 Å². The van der Waals surface area contributed by atoms with E-state index in [2.05, 4.69) is 11.8 Å². The molecule has 0 bridgehead atoms. The lowest BCUT2D eigenvalue weighted by atomic mass is 9.86. The third-order valence-corrected chi connectivity index (χ3v) is 7.67. The summed E-state index contributed by atoms with van der Waals surface area (Å²) in [4.78, 5) is 15.4. The van der Waals surface area contributed by atoms with Gasteiger partial charge in [0.1, 0.15) is 11.9 Å². The summed E-state index contributed by atoms with van der Waals surface area (Å²) in [6.07, 6.45) is 11.0. The summed E-state index contributed by atoms with van der Waals surface area (Å²) in [5.41, 5.74) is 2.02. The van der Waals surface area contributed by atoms with Gasteiger partial charge in [0.15, 0.2) is 11.5 Å². The molecule has 3 rings (SSSR count). The molecule has 2 aromatic rings. The number of esters is 1. The van der Waals surface area contributed by atoms with Crippen molar-refractivity contribution < 1.29 is 23.4 Å². The van der Waals surface area contributed by atoms with Crippen molar-refractivity contribution in [2.24, 2.45) is 5.92 Å². The third-order valence-electron chi connectivity index (χ3n) is 7.67. The van der Waals surface area contributed by atoms with Crippen molar-refractivity contribution in [2.45, 2.75) is 83.7 Å². The van der Waals surface area contributed by atoms with Crippen LogP contribution in [0.25, 0.3) is 0 Å². The zero-order valence-electron chi connectivity index (χ0n) is 23.6. The van der Waals surface area contributed by atoms with Crippen LogP contribution in [-0.2, 0) is 16.0 Å². The molecule has 0 radical (unpaired) electrons. The molecular weight excluding hydrogens is 481 g/mol. The van der Waals surface area contributed by atoms with Gasteiger partial charge in [0.25, 0.3) is 0 Å². The van der Waals surface area contributed by atoms with Gasteiger partial charge in [-0.25, -0.2) is 4.39 Å². The third kappa shape index (κ3) is 9.30. The predicted molar refractivity (Wildman–Crippen MR) is 150 cm³/mol. The van der Waals surface area contributed by atoms with E-state index >= 15 is 0 Å². The lowest BCUT2D eigenvalue weighted by molar-refractivity contribution is -0.153. The largest absolute Gasteiger partial charge is 0.493 e. The maximum absolute atomic E-state index is 13.2. The highest BCUT2D eigenvalue weighted by molar-refractivity contribution is 5.70. The second-order valence-electron chi connectivity index (χ2n) is 10.4. The normalized spacial score (nSPS) is 15.3. The van der Waals surface area contributed by atoms with Crippen LogP contribution in [0.15, 0.2) is 42.5 Å². The summed E-state index contributed by atoms with van der Waals surface area (Å²) >= 11 is 0. The summed E-state index contributed by atoms with van der Waals surface area (Å²) in [5, 5.41) is 0. The first-order valence-corrected chi connectivity index (χ1v) is 14.4. The second-order valence-corrected chi connectivity index (χ2v) is 10.4. The molecule has 0 unspecified atom stereocenters. The number of benzene rings is 2. The van der Waals surface area contributed by atoms with Crippen LogP contribution >= 0.6 is 0 Å². The minimum atomic E-state index is -0.364. The molecule has 1 aliphatic rings. The van der Waals surface area contributed by atoms with Crippen molar-refractivity contribution in [3.63, 3.8) is 0 Å². The van der Waals surface area contributed by atoms with Crippen molar-refractivity contribution in [1.29, 1.82) is 0 Å². The highest BCUT2D eigenvalue weighted by atomic mass is 19.1. The summed E-state index contributed by atoms with van der Waals surface area (Å²) in [7, 11) is 3.26. The van der Waals surface area contributed by atoms with Gasteiger partial charge in [-0.3, -0.25) is 4.79 Å². The van der Waals surface area contributed by atoms with E-state index in [1.54, 1.807) is 14.2 Å². The number of rotatable bonds is 16. The molecule has 6 heteroatoms. The van der Waals surface area contributed by atoms with Crippen LogP contribution in [0.2, 0.25) is 0 Å². The van der Waals surface area contributed by atoms with Gasteiger partial charge in [-0.1, -0.05) is 69.7 Å². The number of hydrogen-bond donors (Lipinski definition) is 0. The van der Waals surface area contributed by atoms with Gasteiger partial charge < -0.3 is 19.1 Å². The number of nitrogens with zero attached hydrogens (tertiary/aromatic N) is 1. The van der Waals surface area contributed by atoms with Crippen LogP contribution in [0, 0.1) is 11.7 Å². The Balaban J connectivity index is 1.60. The van der Waals surface area contributed by atoms with Gasteiger partial charge >= 0.3 is 5.97 Å². The van der Waals surface area contributed by atoms with Gasteiger partial charge in [-0.05, 0) is 62.5 Å². The van der Waals surface area contributed by atoms with Crippen LogP contribution in [0.5, 0.6) is 11.5 Å². The number of carbonyl (C=O) groups excluding carboxylic acids is 1. The Labute approximate surface area is 228 Å². The van der Waals surface area contributed by atoms with Crippen LogP contribution in [0.3, 0.4) is 0 Å². The molecule has 2 aromatic carbocycles. The number of methoxy groups -OCH3 is 2. The van der Waals surface area contributed by atoms with Gasteiger partial charge in [0, 0.05) is 24.4 Å². The van der Waals surface area contributed by atoms with Crippen LogP contribution in [0.4, 0.5) is 4.39 Å². The first-order chi connectivity index (χ1) is 18.5. The number of hydrogen-bond acceptors (Lipinski definition) is 5. The molecule has 0 N–H and O–H groups in total. The maximum atomic E-state index is 13.2.